The number of anilines is 1. The fourth-order valence-corrected chi connectivity index (χ4v) is 6.04. The van der Waals surface area contributed by atoms with E-state index in [1.807, 2.05) is 77.9 Å². The van der Waals surface area contributed by atoms with E-state index in [9.17, 15) is 9.59 Å². The SMILES string of the molecule is Cc1ccc(N2C(=O)CCC(C(=O)NCc3nc4ccccc4s3)C2c2cccs2)cc1. The number of hydrogen-bond donors (Lipinski definition) is 1. The third-order valence-corrected chi connectivity index (χ3v) is 7.81. The number of rotatable bonds is 5. The van der Waals surface area contributed by atoms with Gasteiger partial charge in [-0.05, 0) is 49.1 Å². The van der Waals surface area contributed by atoms with Crippen molar-refractivity contribution in [1.29, 1.82) is 0 Å². The highest BCUT2D eigenvalue weighted by atomic mass is 32.1. The summed E-state index contributed by atoms with van der Waals surface area (Å²) in [7, 11) is 0. The van der Waals surface area contributed by atoms with Crippen molar-refractivity contribution in [3.8, 4) is 0 Å². The van der Waals surface area contributed by atoms with E-state index in [-0.39, 0.29) is 23.8 Å². The minimum Gasteiger partial charge on any atom is -0.349 e. The number of amides is 2. The van der Waals surface area contributed by atoms with Gasteiger partial charge >= 0.3 is 0 Å². The normalized spacial score (nSPS) is 18.8. The number of nitrogens with zero attached hydrogens (tertiary/aromatic N) is 2. The van der Waals surface area contributed by atoms with Crippen LogP contribution in [-0.2, 0) is 16.1 Å². The summed E-state index contributed by atoms with van der Waals surface area (Å²) in [6.07, 6.45) is 0.893. The topological polar surface area (TPSA) is 62.3 Å². The number of hydrogen-bond acceptors (Lipinski definition) is 5. The Morgan fingerprint density at radius 1 is 1.12 bits per heavy atom. The molecule has 0 saturated carbocycles. The van der Waals surface area contributed by atoms with Gasteiger partial charge in [0.25, 0.3) is 0 Å². The predicted octanol–water partition coefficient (Wildman–Crippen LogP) is 5.47. The first-order valence-electron chi connectivity index (χ1n) is 10.6. The first-order chi connectivity index (χ1) is 15.6. The lowest BCUT2D eigenvalue weighted by atomic mass is 9.86. The van der Waals surface area contributed by atoms with Crippen LogP contribution in [0.5, 0.6) is 0 Å². The Hall–Kier alpha value is -3.03. The van der Waals surface area contributed by atoms with Crippen molar-refractivity contribution in [3.05, 3.63) is 81.5 Å². The van der Waals surface area contributed by atoms with Crippen LogP contribution >= 0.6 is 22.7 Å². The lowest BCUT2D eigenvalue weighted by molar-refractivity contribution is -0.129. The molecule has 3 heterocycles. The van der Waals surface area contributed by atoms with E-state index in [2.05, 4.69) is 10.3 Å². The van der Waals surface area contributed by atoms with Gasteiger partial charge in [0.15, 0.2) is 0 Å². The number of benzene rings is 2. The second-order valence-electron chi connectivity index (χ2n) is 8.00. The second kappa shape index (κ2) is 8.84. The molecule has 1 aliphatic rings. The number of carbonyl (C=O) groups is 2. The molecular formula is C25H23N3O2S2. The zero-order valence-corrected chi connectivity index (χ0v) is 19.3. The van der Waals surface area contributed by atoms with Crippen molar-refractivity contribution in [2.45, 2.75) is 32.4 Å². The summed E-state index contributed by atoms with van der Waals surface area (Å²) in [5.74, 6) is -0.295. The lowest BCUT2D eigenvalue weighted by Gasteiger charge is -2.40. The Morgan fingerprint density at radius 3 is 2.69 bits per heavy atom. The van der Waals surface area contributed by atoms with Gasteiger partial charge in [0.1, 0.15) is 5.01 Å². The summed E-state index contributed by atoms with van der Waals surface area (Å²) < 4.78 is 1.11. The molecule has 0 spiro atoms. The van der Waals surface area contributed by atoms with Gasteiger partial charge in [-0.15, -0.1) is 22.7 Å². The molecule has 5 rings (SSSR count). The summed E-state index contributed by atoms with van der Waals surface area (Å²) in [5, 5.41) is 5.97. The molecule has 2 aromatic carbocycles. The first kappa shape index (κ1) is 20.8. The fourth-order valence-electron chi connectivity index (χ4n) is 4.25. The minimum atomic E-state index is -0.318. The molecular weight excluding hydrogens is 438 g/mol. The second-order valence-corrected chi connectivity index (χ2v) is 10.1. The molecule has 32 heavy (non-hydrogen) atoms. The van der Waals surface area contributed by atoms with Crippen molar-refractivity contribution in [2.24, 2.45) is 5.92 Å². The zero-order chi connectivity index (χ0) is 22.1. The number of thiazole rings is 1. The molecule has 2 amide bonds. The average Bonchev–Trinajstić information content (AvgIpc) is 3.47. The number of piperidine rings is 1. The molecule has 2 unspecified atom stereocenters. The largest absolute Gasteiger partial charge is 0.349 e. The summed E-state index contributed by atoms with van der Waals surface area (Å²) >= 11 is 3.18. The third kappa shape index (κ3) is 4.06. The average molecular weight is 462 g/mol. The molecule has 4 aromatic rings. The molecule has 1 fully saturated rings. The maximum absolute atomic E-state index is 13.4. The van der Waals surface area contributed by atoms with Crippen LogP contribution in [0, 0.1) is 12.8 Å². The Kier molecular flexibility index (Phi) is 5.76. The molecule has 0 bridgehead atoms. The Bertz CT molecular complexity index is 1210. The molecule has 1 saturated heterocycles. The smallest absolute Gasteiger partial charge is 0.227 e. The van der Waals surface area contributed by atoms with Crippen LogP contribution in [0.4, 0.5) is 5.69 Å². The van der Waals surface area contributed by atoms with Crippen LogP contribution in [0.25, 0.3) is 10.2 Å². The standard InChI is InChI=1S/C25H23N3O2S2/c1-16-8-10-17(11-9-16)28-23(29)13-12-18(24(28)21-7-4-14-31-21)25(30)26-15-22-27-19-5-2-3-6-20(19)32-22/h2-11,14,18,24H,12-13,15H2,1H3,(H,26,30). The Morgan fingerprint density at radius 2 is 1.94 bits per heavy atom. The van der Waals surface area contributed by atoms with Gasteiger partial charge in [-0.1, -0.05) is 35.9 Å². The van der Waals surface area contributed by atoms with Gasteiger partial charge in [0.2, 0.25) is 11.8 Å². The minimum absolute atomic E-state index is 0.0349. The third-order valence-electron chi connectivity index (χ3n) is 5.83. The van der Waals surface area contributed by atoms with Crippen molar-refractivity contribution in [3.63, 3.8) is 0 Å². The van der Waals surface area contributed by atoms with Gasteiger partial charge in [-0.2, -0.15) is 0 Å². The maximum Gasteiger partial charge on any atom is 0.227 e. The van der Waals surface area contributed by atoms with Gasteiger partial charge in [0.05, 0.1) is 28.7 Å². The molecule has 162 valence electrons. The van der Waals surface area contributed by atoms with Gasteiger partial charge in [-0.25, -0.2) is 4.98 Å². The number of aryl methyl sites for hydroxylation is 1. The molecule has 0 aliphatic carbocycles. The predicted molar refractivity (Wildman–Crippen MR) is 130 cm³/mol. The van der Waals surface area contributed by atoms with Crippen molar-refractivity contribution in [1.82, 2.24) is 10.3 Å². The number of fused-ring (bicyclic) bond motifs is 1. The highest BCUT2D eigenvalue weighted by molar-refractivity contribution is 7.18. The van der Waals surface area contributed by atoms with E-state index in [1.54, 1.807) is 22.7 Å². The zero-order valence-electron chi connectivity index (χ0n) is 17.7. The van der Waals surface area contributed by atoms with E-state index < -0.39 is 0 Å². The van der Waals surface area contributed by atoms with E-state index in [0.717, 1.165) is 31.4 Å². The monoisotopic (exact) mass is 461 g/mol. The highest BCUT2D eigenvalue weighted by Gasteiger charge is 2.41. The van der Waals surface area contributed by atoms with Crippen LogP contribution in [0.15, 0.2) is 66.0 Å². The molecule has 7 heteroatoms. The number of carbonyl (C=O) groups excluding carboxylic acids is 2. The Balaban J connectivity index is 1.41. The summed E-state index contributed by atoms with van der Waals surface area (Å²) in [4.78, 5) is 33.9. The van der Waals surface area contributed by atoms with Gasteiger partial charge < -0.3 is 10.2 Å². The Labute approximate surface area is 194 Å². The lowest BCUT2D eigenvalue weighted by Crippen LogP contribution is -2.48. The molecule has 0 radical (unpaired) electrons. The van der Waals surface area contributed by atoms with Gasteiger partial charge in [0, 0.05) is 17.0 Å². The van der Waals surface area contributed by atoms with E-state index in [4.69, 9.17) is 0 Å². The summed E-state index contributed by atoms with van der Waals surface area (Å²) in [6.45, 7) is 2.42. The van der Waals surface area contributed by atoms with Crippen molar-refractivity contribution >= 4 is 50.4 Å². The van der Waals surface area contributed by atoms with Crippen LogP contribution in [0.3, 0.4) is 0 Å². The van der Waals surface area contributed by atoms with Crippen LogP contribution in [-0.4, -0.2) is 16.8 Å². The fraction of sp³-hybridized carbons (Fsp3) is 0.240. The number of para-hydroxylation sites is 1. The van der Waals surface area contributed by atoms with Gasteiger partial charge in [-0.3, -0.25) is 9.59 Å². The van der Waals surface area contributed by atoms with E-state index in [1.165, 1.54) is 0 Å². The molecule has 1 aliphatic heterocycles. The first-order valence-corrected chi connectivity index (χ1v) is 12.3. The van der Waals surface area contributed by atoms with Crippen LogP contribution in [0.2, 0.25) is 0 Å². The molecule has 1 N–H and O–H groups in total. The molecule has 5 nitrogen and oxygen atoms in total. The quantitative estimate of drug-likeness (QED) is 0.429. The molecule has 2 atom stereocenters. The summed E-state index contributed by atoms with van der Waals surface area (Å²) in [6, 6.07) is 19.6. The van der Waals surface area contributed by atoms with Crippen LogP contribution in [0.1, 0.15) is 34.3 Å². The maximum atomic E-state index is 13.4. The van der Waals surface area contributed by atoms with E-state index >= 15 is 0 Å². The summed E-state index contributed by atoms with van der Waals surface area (Å²) in [5.41, 5.74) is 2.92. The van der Waals surface area contributed by atoms with Crippen molar-refractivity contribution < 1.29 is 9.59 Å². The number of nitrogens with one attached hydrogen (secondary N) is 1. The van der Waals surface area contributed by atoms with Crippen LogP contribution < -0.4 is 10.2 Å². The number of aromatic nitrogens is 1. The van der Waals surface area contributed by atoms with Crippen molar-refractivity contribution in [2.75, 3.05) is 4.90 Å². The number of thiophene rings is 1. The molecule has 2 aromatic heterocycles. The van der Waals surface area contributed by atoms with E-state index in [0.29, 0.717) is 19.4 Å². The highest BCUT2D eigenvalue weighted by Crippen LogP contribution is 2.41.